The van der Waals surface area contributed by atoms with Crippen LogP contribution in [0.4, 0.5) is 0 Å². The van der Waals surface area contributed by atoms with Crippen LogP contribution in [-0.4, -0.2) is 21.2 Å². The van der Waals surface area contributed by atoms with Crippen LogP contribution in [0.25, 0.3) is 23.2 Å². The van der Waals surface area contributed by atoms with E-state index in [-0.39, 0.29) is 5.56 Å². The van der Waals surface area contributed by atoms with Crippen LogP contribution in [0.15, 0.2) is 46.6 Å². The molecular weight excluding hydrogens is 366 g/mol. The van der Waals surface area contributed by atoms with E-state index in [0.717, 1.165) is 16.2 Å². The number of hydrogen-bond acceptors (Lipinski definition) is 6. The second kappa shape index (κ2) is 7.23. The summed E-state index contributed by atoms with van der Waals surface area (Å²) in [5, 5.41) is 6.31. The molecule has 0 saturated carbocycles. The second-order valence-corrected chi connectivity index (χ2v) is 7.39. The monoisotopic (exact) mass is 381 g/mol. The topological polar surface area (TPSA) is 56.5 Å². The smallest absolute Gasteiger partial charge is 0.291 e. The summed E-state index contributed by atoms with van der Waals surface area (Å²) in [5.41, 5.74) is 0.702. The van der Waals surface area contributed by atoms with Gasteiger partial charge in [-0.3, -0.25) is 4.79 Å². The number of benzene rings is 1. The maximum atomic E-state index is 12.6. The van der Waals surface area contributed by atoms with Gasteiger partial charge in [-0.05, 0) is 42.7 Å². The lowest BCUT2D eigenvalue weighted by atomic mass is 10.2. The highest BCUT2D eigenvalue weighted by Crippen LogP contribution is 2.18. The van der Waals surface area contributed by atoms with Gasteiger partial charge in [0, 0.05) is 10.4 Å². The van der Waals surface area contributed by atoms with Crippen molar-refractivity contribution >= 4 is 45.9 Å². The Morgan fingerprint density at radius 1 is 1.19 bits per heavy atom. The molecule has 4 aromatic rings. The molecule has 4 rings (SSSR count). The number of ether oxygens (including phenoxy) is 1. The van der Waals surface area contributed by atoms with Crippen LogP contribution in [0.5, 0.6) is 5.75 Å². The lowest BCUT2D eigenvalue weighted by molar-refractivity contribution is 0.339. The zero-order chi connectivity index (χ0) is 17.9. The van der Waals surface area contributed by atoms with Gasteiger partial charge in [0.25, 0.3) is 5.56 Å². The molecule has 26 heavy (non-hydrogen) atoms. The number of rotatable bonds is 5. The predicted molar refractivity (Wildman–Crippen MR) is 107 cm³/mol. The highest BCUT2D eigenvalue weighted by atomic mass is 32.1. The van der Waals surface area contributed by atoms with E-state index in [2.05, 4.69) is 10.1 Å². The average Bonchev–Trinajstić information content (AvgIpc) is 3.35. The standard InChI is InChI=1S/C19H15N3O2S2/c1-2-24-15-8-4-3-6-13(15)12-16-18(23)22-19(26-16)20-17(21-22)10-9-14-7-5-11-25-14/h3-12H,2H2,1H3/b10-9+,16-12-. The molecule has 0 N–H and O–H groups in total. The molecule has 0 saturated heterocycles. The molecule has 3 aromatic heterocycles. The van der Waals surface area contributed by atoms with E-state index in [4.69, 9.17) is 4.74 Å². The Bertz CT molecular complexity index is 1170. The molecule has 0 bridgehead atoms. The first-order valence-corrected chi connectivity index (χ1v) is 9.79. The molecule has 0 radical (unpaired) electrons. The molecule has 0 amide bonds. The Hall–Kier alpha value is -2.77. The van der Waals surface area contributed by atoms with Crippen molar-refractivity contribution in [2.24, 2.45) is 0 Å². The summed E-state index contributed by atoms with van der Waals surface area (Å²) in [5.74, 6) is 1.29. The number of thiazole rings is 1. The minimum Gasteiger partial charge on any atom is -0.493 e. The minimum atomic E-state index is -0.167. The average molecular weight is 381 g/mol. The Labute approximate surface area is 157 Å². The van der Waals surface area contributed by atoms with Crippen LogP contribution in [0.1, 0.15) is 23.2 Å². The van der Waals surface area contributed by atoms with E-state index < -0.39 is 0 Å². The van der Waals surface area contributed by atoms with Gasteiger partial charge in [0.15, 0.2) is 5.82 Å². The number of hydrogen-bond donors (Lipinski definition) is 0. The first-order chi connectivity index (χ1) is 12.7. The predicted octanol–water partition coefficient (Wildman–Crippen LogP) is 3.33. The van der Waals surface area contributed by atoms with E-state index in [1.165, 1.54) is 15.9 Å². The molecule has 1 aromatic carbocycles. The van der Waals surface area contributed by atoms with Crippen molar-refractivity contribution in [1.82, 2.24) is 14.6 Å². The zero-order valence-corrected chi connectivity index (χ0v) is 15.6. The third-order valence-corrected chi connectivity index (χ3v) is 5.44. The van der Waals surface area contributed by atoms with Gasteiger partial charge in [-0.1, -0.05) is 35.6 Å². The minimum absolute atomic E-state index is 0.167. The van der Waals surface area contributed by atoms with Crippen molar-refractivity contribution in [2.45, 2.75) is 6.92 Å². The lowest BCUT2D eigenvalue weighted by Gasteiger charge is -2.05. The summed E-state index contributed by atoms with van der Waals surface area (Å²) in [6.45, 7) is 2.51. The third-order valence-electron chi connectivity index (χ3n) is 3.64. The maximum absolute atomic E-state index is 12.6. The Morgan fingerprint density at radius 2 is 2.08 bits per heavy atom. The highest BCUT2D eigenvalue weighted by Gasteiger charge is 2.09. The van der Waals surface area contributed by atoms with E-state index in [1.54, 1.807) is 11.3 Å². The maximum Gasteiger partial charge on any atom is 0.291 e. The van der Waals surface area contributed by atoms with Crippen LogP contribution in [0.3, 0.4) is 0 Å². The number of aromatic nitrogens is 3. The van der Waals surface area contributed by atoms with Gasteiger partial charge in [-0.2, -0.15) is 9.50 Å². The Morgan fingerprint density at radius 3 is 2.85 bits per heavy atom. The van der Waals surface area contributed by atoms with Crippen molar-refractivity contribution in [1.29, 1.82) is 0 Å². The molecule has 0 spiro atoms. The molecule has 7 heteroatoms. The summed E-state index contributed by atoms with van der Waals surface area (Å²) >= 11 is 2.96. The number of para-hydroxylation sites is 1. The molecule has 0 aliphatic rings. The normalized spacial score (nSPS) is 12.4. The number of nitrogens with zero attached hydrogens (tertiary/aromatic N) is 3. The highest BCUT2D eigenvalue weighted by molar-refractivity contribution is 7.15. The largest absolute Gasteiger partial charge is 0.493 e. The second-order valence-electron chi connectivity index (χ2n) is 5.40. The van der Waals surface area contributed by atoms with Gasteiger partial charge in [-0.25, -0.2) is 0 Å². The molecule has 0 aliphatic heterocycles. The fourth-order valence-corrected chi connectivity index (χ4v) is 4.01. The molecule has 0 fully saturated rings. The van der Waals surface area contributed by atoms with E-state index in [9.17, 15) is 4.79 Å². The number of thiophene rings is 1. The van der Waals surface area contributed by atoms with Crippen LogP contribution in [0.2, 0.25) is 0 Å². The van der Waals surface area contributed by atoms with Crippen LogP contribution in [0, 0.1) is 0 Å². The van der Waals surface area contributed by atoms with E-state index in [0.29, 0.717) is 21.9 Å². The molecule has 3 heterocycles. The first-order valence-electron chi connectivity index (χ1n) is 8.09. The van der Waals surface area contributed by atoms with Gasteiger partial charge in [0.2, 0.25) is 4.96 Å². The summed E-state index contributed by atoms with van der Waals surface area (Å²) in [6, 6.07) is 11.7. The summed E-state index contributed by atoms with van der Waals surface area (Å²) < 4.78 is 7.56. The van der Waals surface area contributed by atoms with Crippen LogP contribution < -0.4 is 14.8 Å². The third kappa shape index (κ3) is 3.31. The molecule has 0 aliphatic carbocycles. The molecular formula is C19H15N3O2S2. The van der Waals surface area contributed by atoms with Crippen LogP contribution >= 0.6 is 22.7 Å². The molecule has 130 valence electrons. The molecule has 5 nitrogen and oxygen atoms in total. The molecule has 0 unspecified atom stereocenters. The zero-order valence-electron chi connectivity index (χ0n) is 14.0. The quantitative estimate of drug-likeness (QED) is 0.532. The number of fused-ring (bicyclic) bond motifs is 1. The first kappa shape index (κ1) is 16.7. The lowest BCUT2D eigenvalue weighted by Crippen LogP contribution is -2.23. The van der Waals surface area contributed by atoms with Crippen molar-refractivity contribution < 1.29 is 4.74 Å². The molecule has 0 atom stereocenters. The van der Waals surface area contributed by atoms with Gasteiger partial charge in [0.05, 0.1) is 11.1 Å². The summed E-state index contributed by atoms with van der Waals surface area (Å²) in [4.78, 5) is 18.8. The Balaban J connectivity index is 1.71. The van der Waals surface area contributed by atoms with Gasteiger partial charge < -0.3 is 4.74 Å². The Kier molecular flexibility index (Phi) is 4.64. The fraction of sp³-hybridized carbons (Fsp3) is 0.105. The van der Waals surface area contributed by atoms with Crippen molar-refractivity contribution in [2.75, 3.05) is 6.61 Å². The summed E-state index contributed by atoms with van der Waals surface area (Å²) in [6.07, 6.45) is 5.59. The van der Waals surface area contributed by atoms with Crippen LogP contribution in [-0.2, 0) is 0 Å². The van der Waals surface area contributed by atoms with Crippen molar-refractivity contribution in [3.05, 3.63) is 72.9 Å². The SMILES string of the molecule is CCOc1ccccc1/C=c1\sc2nc(/C=C/c3cccs3)nn2c1=O. The van der Waals surface area contributed by atoms with Gasteiger partial charge in [-0.15, -0.1) is 16.4 Å². The fourth-order valence-electron chi connectivity index (χ4n) is 2.49. The van der Waals surface area contributed by atoms with Gasteiger partial charge >= 0.3 is 0 Å². The van der Waals surface area contributed by atoms with E-state index >= 15 is 0 Å². The van der Waals surface area contributed by atoms with Gasteiger partial charge in [0.1, 0.15) is 5.75 Å². The van der Waals surface area contributed by atoms with E-state index in [1.807, 2.05) is 66.9 Å². The van der Waals surface area contributed by atoms with Crippen molar-refractivity contribution in [3.8, 4) is 5.75 Å². The van der Waals surface area contributed by atoms with Crippen molar-refractivity contribution in [3.63, 3.8) is 0 Å². The summed E-state index contributed by atoms with van der Waals surface area (Å²) in [7, 11) is 0.